The van der Waals surface area contributed by atoms with Gasteiger partial charge in [0.2, 0.25) is 5.91 Å². The summed E-state index contributed by atoms with van der Waals surface area (Å²) < 4.78 is 0. The van der Waals surface area contributed by atoms with Crippen molar-refractivity contribution in [1.82, 2.24) is 4.90 Å². The van der Waals surface area contributed by atoms with Crippen molar-refractivity contribution < 1.29 is 19.8 Å². The fraction of sp³-hybridized carbons (Fsp3) is 0.143. The largest absolute Gasteiger partial charge is 0.508 e. The molecule has 2 amide bonds. The zero-order valence-electron chi connectivity index (χ0n) is 14.1. The molecular formula is C21H17NO4. The minimum Gasteiger partial charge on any atom is -0.508 e. The molecular weight excluding hydrogens is 330 g/mol. The second kappa shape index (κ2) is 5.59. The number of benzene rings is 2. The van der Waals surface area contributed by atoms with Crippen LogP contribution in [0.15, 0.2) is 72.3 Å². The first-order valence-electron chi connectivity index (χ1n) is 8.25. The van der Waals surface area contributed by atoms with Crippen LogP contribution < -0.4 is 0 Å². The van der Waals surface area contributed by atoms with Crippen LogP contribution in [-0.2, 0) is 15.0 Å². The molecule has 2 aromatic carbocycles. The maximum absolute atomic E-state index is 13.0. The number of likely N-dealkylation sites (tertiary alicyclic amines) is 1. The molecule has 2 aromatic rings. The molecule has 2 N–H and O–H groups in total. The number of amides is 2. The number of rotatable bonds is 2. The average molecular weight is 347 g/mol. The Morgan fingerprint density at radius 3 is 1.88 bits per heavy atom. The van der Waals surface area contributed by atoms with E-state index in [1.54, 1.807) is 60.7 Å². The predicted octanol–water partition coefficient (Wildman–Crippen LogP) is 2.49. The van der Waals surface area contributed by atoms with Crippen LogP contribution >= 0.6 is 0 Å². The minimum atomic E-state index is -0.900. The molecule has 1 unspecified atom stereocenters. The smallest absolute Gasteiger partial charge is 0.257 e. The molecule has 26 heavy (non-hydrogen) atoms. The van der Waals surface area contributed by atoms with Crippen LogP contribution in [0.1, 0.15) is 11.1 Å². The molecule has 1 saturated heterocycles. The molecule has 0 saturated carbocycles. The fourth-order valence-electron chi connectivity index (χ4n) is 3.92. The van der Waals surface area contributed by atoms with Gasteiger partial charge < -0.3 is 10.2 Å². The van der Waals surface area contributed by atoms with Crippen molar-refractivity contribution in [2.24, 2.45) is 5.92 Å². The Morgan fingerprint density at radius 1 is 0.885 bits per heavy atom. The number of phenols is 2. The maximum atomic E-state index is 13.0. The van der Waals surface area contributed by atoms with Gasteiger partial charge in [-0.25, -0.2) is 0 Å². The van der Waals surface area contributed by atoms with Crippen molar-refractivity contribution in [2.75, 3.05) is 7.05 Å². The summed E-state index contributed by atoms with van der Waals surface area (Å²) in [6, 6.07) is 13.3. The van der Waals surface area contributed by atoms with Crippen LogP contribution in [0, 0.1) is 5.92 Å². The Bertz CT molecular complexity index is 909. The summed E-state index contributed by atoms with van der Waals surface area (Å²) in [5.41, 5.74) is 1.11. The third kappa shape index (κ3) is 2.10. The van der Waals surface area contributed by atoms with Crippen LogP contribution in [0.3, 0.4) is 0 Å². The monoisotopic (exact) mass is 347 g/mol. The topological polar surface area (TPSA) is 77.8 Å². The number of carbonyl (C=O) groups is 2. The van der Waals surface area contributed by atoms with E-state index in [9.17, 15) is 19.8 Å². The standard InChI is InChI=1S/C21H17NO4/c1-22-19(25)17-3-2-12-21(18(17)20(22)26,13-4-8-15(23)9-5-13)14-6-10-16(24)11-7-14/h2-12,18,23-24H,1H3. The number of likely N-dealkylation sites (N-methyl/N-ethyl adjacent to an activating group) is 1. The Balaban J connectivity index is 2.01. The van der Waals surface area contributed by atoms with Gasteiger partial charge in [0.25, 0.3) is 5.91 Å². The third-order valence-electron chi connectivity index (χ3n) is 5.22. The van der Waals surface area contributed by atoms with E-state index >= 15 is 0 Å². The fourth-order valence-corrected chi connectivity index (χ4v) is 3.92. The van der Waals surface area contributed by atoms with Gasteiger partial charge in [-0.3, -0.25) is 14.5 Å². The average Bonchev–Trinajstić information content (AvgIpc) is 2.87. The van der Waals surface area contributed by atoms with E-state index in [1.807, 2.05) is 6.08 Å². The number of phenolic OH excluding ortho intramolecular Hbond substituents is 2. The molecule has 0 bridgehead atoms. The van der Waals surface area contributed by atoms with Gasteiger partial charge in [-0.05, 0) is 35.4 Å². The van der Waals surface area contributed by atoms with E-state index < -0.39 is 11.3 Å². The van der Waals surface area contributed by atoms with Crippen molar-refractivity contribution >= 4 is 11.8 Å². The highest BCUT2D eigenvalue weighted by atomic mass is 16.3. The number of carbonyl (C=O) groups excluding carboxylic acids is 2. The number of fused-ring (bicyclic) bond motifs is 1. The normalized spacial score (nSPS) is 20.9. The number of allylic oxidation sites excluding steroid dienone is 3. The van der Waals surface area contributed by atoms with E-state index in [1.165, 1.54) is 7.05 Å². The highest BCUT2D eigenvalue weighted by Crippen LogP contribution is 2.49. The van der Waals surface area contributed by atoms with E-state index in [2.05, 4.69) is 0 Å². The number of hydrogen-bond acceptors (Lipinski definition) is 4. The summed E-state index contributed by atoms with van der Waals surface area (Å²) in [4.78, 5) is 26.7. The van der Waals surface area contributed by atoms with Gasteiger partial charge in [-0.2, -0.15) is 0 Å². The first-order chi connectivity index (χ1) is 12.4. The molecule has 0 spiro atoms. The lowest BCUT2D eigenvalue weighted by atomic mass is 9.62. The number of hydrogen-bond donors (Lipinski definition) is 2. The lowest BCUT2D eigenvalue weighted by Gasteiger charge is -2.38. The van der Waals surface area contributed by atoms with Gasteiger partial charge in [-0.15, -0.1) is 0 Å². The van der Waals surface area contributed by atoms with Gasteiger partial charge in [0, 0.05) is 12.6 Å². The van der Waals surface area contributed by atoms with E-state index in [0.717, 1.165) is 16.0 Å². The molecule has 1 heterocycles. The maximum Gasteiger partial charge on any atom is 0.257 e. The van der Waals surface area contributed by atoms with Gasteiger partial charge >= 0.3 is 0 Å². The summed E-state index contributed by atoms with van der Waals surface area (Å²) >= 11 is 0. The predicted molar refractivity (Wildman–Crippen MR) is 95.5 cm³/mol. The van der Waals surface area contributed by atoms with Crippen LogP contribution in [0.5, 0.6) is 11.5 Å². The highest BCUT2D eigenvalue weighted by molar-refractivity contribution is 6.16. The van der Waals surface area contributed by atoms with Crippen LogP contribution in [0.2, 0.25) is 0 Å². The molecule has 4 rings (SSSR count). The SMILES string of the molecule is CN1C(=O)C2=CC=CC(c3ccc(O)cc3)(c3ccc(O)cc3)C2C1=O. The second-order valence-corrected chi connectivity index (χ2v) is 6.58. The summed E-state index contributed by atoms with van der Waals surface area (Å²) in [6.07, 6.45) is 5.38. The lowest BCUT2D eigenvalue weighted by molar-refractivity contribution is -0.137. The summed E-state index contributed by atoms with van der Waals surface area (Å²) in [6.45, 7) is 0. The molecule has 130 valence electrons. The van der Waals surface area contributed by atoms with E-state index in [-0.39, 0.29) is 23.3 Å². The van der Waals surface area contributed by atoms with Gasteiger partial charge in [0.15, 0.2) is 0 Å². The van der Waals surface area contributed by atoms with Crippen molar-refractivity contribution in [3.63, 3.8) is 0 Å². The Hall–Kier alpha value is -3.34. The Kier molecular flexibility index (Phi) is 3.47. The molecule has 1 aliphatic heterocycles. The van der Waals surface area contributed by atoms with E-state index in [4.69, 9.17) is 0 Å². The third-order valence-corrected chi connectivity index (χ3v) is 5.22. The minimum absolute atomic E-state index is 0.121. The molecule has 1 aliphatic carbocycles. The van der Waals surface area contributed by atoms with Gasteiger partial charge in [0.1, 0.15) is 11.5 Å². The molecule has 1 fully saturated rings. The van der Waals surface area contributed by atoms with Gasteiger partial charge in [-0.1, -0.05) is 42.5 Å². The molecule has 5 nitrogen and oxygen atoms in total. The number of aromatic hydroxyl groups is 2. The summed E-state index contributed by atoms with van der Waals surface area (Å²) in [5, 5.41) is 19.4. The first kappa shape index (κ1) is 16.1. The molecule has 1 atom stereocenters. The van der Waals surface area contributed by atoms with E-state index in [0.29, 0.717) is 5.57 Å². The first-order valence-corrected chi connectivity index (χ1v) is 8.25. The van der Waals surface area contributed by atoms with Crippen LogP contribution in [-0.4, -0.2) is 34.0 Å². The zero-order valence-corrected chi connectivity index (χ0v) is 14.1. The molecule has 0 aromatic heterocycles. The zero-order chi connectivity index (χ0) is 18.5. The summed E-state index contributed by atoms with van der Waals surface area (Å²) in [5.74, 6) is -1.02. The molecule has 2 aliphatic rings. The Labute approximate surface area is 150 Å². The van der Waals surface area contributed by atoms with Gasteiger partial charge in [0.05, 0.1) is 11.3 Å². The lowest BCUT2D eigenvalue weighted by Crippen LogP contribution is -2.41. The number of nitrogens with zero attached hydrogens (tertiary/aromatic N) is 1. The van der Waals surface area contributed by atoms with Crippen molar-refractivity contribution in [2.45, 2.75) is 5.41 Å². The van der Waals surface area contributed by atoms with Crippen LogP contribution in [0.4, 0.5) is 0 Å². The Morgan fingerprint density at radius 2 is 1.38 bits per heavy atom. The van der Waals surface area contributed by atoms with Crippen molar-refractivity contribution in [3.8, 4) is 11.5 Å². The van der Waals surface area contributed by atoms with Crippen LogP contribution in [0.25, 0.3) is 0 Å². The second-order valence-electron chi connectivity index (χ2n) is 6.58. The number of imide groups is 1. The molecule has 5 heteroatoms. The van der Waals surface area contributed by atoms with Crippen molar-refractivity contribution in [3.05, 3.63) is 83.5 Å². The summed E-state index contributed by atoms with van der Waals surface area (Å²) in [7, 11) is 1.49. The molecule has 0 radical (unpaired) electrons. The van der Waals surface area contributed by atoms with Crippen molar-refractivity contribution in [1.29, 1.82) is 0 Å². The quantitative estimate of drug-likeness (QED) is 0.818. The highest BCUT2D eigenvalue weighted by Gasteiger charge is 2.54.